The second-order valence-corrected chi connectivity index (χ2v) is 4.45. The molecule has 0 aromatic rings. The molecule has 0 aromatic heterocycles. The molecule has 0 aromatic carbocycles. The maximum Gasteiger partial charge on any atom is 0.309 e. The first-order valence-electron chi connectivity index (χ1n) is 4.68. The summed E-state index contributed by atoms with van der Waals surface area (Å²) >= 11 is 0. The van der Waals surface area contributed by atoms with Gasteiger partial charge in [-0.2, -0.15) is 0 Å². The van der Waals surface area contributed by atoms with Gasteiger partial charge in [-0.25, -0.2) is 0 Å². The number of ether oxygens (including phenoxy) is 2. The number of esters is 1. The molecule has 0 amide bonds. The number of hydrogen-bond donors (Lipinski definition) is 0. The molecule has 4 fully saturated rings. The third-order valence-corrected chi connectivity index (χ3v) is 4.11. The molecule has 6 atom stereocenters. The van der Waals surface area contributed by atoms with Crippen LogP contribution < -0.4 is 0 Å². The Morgan fingerprint density at radius 1 is 1.17 bits per heavy atom. The Hall–Kier alpha value is -0.570. The van der Waals surface area contributed by atoms with Gasteiger partial charge in [0.15, 0.2) is 0 Å². The normalized spacial score (nSPS) is 64.5. The highest BCUT2D eigenvalue weighted by molar-refractivity contribution is 5.76. The van der Waals surface area contributed by atoms with E-state index in [2.05, 4.69) is 0 Å². The lowest BCUT2D eigenvalue weighted by atomic mass is 9.81. The smallest absolute Gasteiger partial charge is 0.309 e. The van der Waals surface area contributed by atoms with Crippen molar-refractivity contribution in [3.63, 3.8) is 0 Å². The Bertz CT molecular complexity index is 273. The van der Waals surface area contributed by atoms with Gasteiger partial charge >= 0.3 is 5.97 Å². The molecular weight excluding hydrogens is 156 g/mol. The molecule has 2 aliphatic carbocycles. The molecule has 0 radical (unpaired) electrons. The van der Waals surface area contributed by atoms with Gasteiger partial charge in [-0.15, -0.1) is 0 Å². The van der Waals surface area contributed by atoms with Crippen LogP contribution in [0.4, 0.5) is 0 Å². The second kappa shape index (κ2) is 1.55. The molecule has 64 valence electrons. The van der Waals surface area contributed by atoms with E-state index in [-0.39, 0.29) is 11.9 Å². The minimum absolute atomic E-state index is 0.0430. The Labute approximate surface area is 70.0 Å². The number of carbonyl (C=O) groups is 1. The molecule has 2 saturated carbocycles. The number of fused-ring (bicyclic) bond motifs is 8. The van der Waals surface area contributed by atoms with Crippen LogP contribution in [0, 0.1) is 23.7 Å². The minimum atomic E-state index is 0.0430. The van der Waals surface area contributed by atoms with E-state index in [4.69, 9.17) is 9.47 Å². The molecule has 3 heteroatoms. The van der Waals surface area contributed by atoms with E-state index in [1.165, 1.54) is 6.42 Å². The van der Waals surface area contributed by atoms with E-state index in [0.717, 1.165) is 0 Å². The van der Waals surface area contributed by atoms with Crippen LogP contribution in [0.1, 0.15) is 6.42 Å². The fourth-order valence-electron chi connectivity index (χ4n) is 3.61. The van der Waals surface area contributed by atoms with Gasteiger partial charge < -0.3 is 9.47 Å². The van der Waals surface area contributed by atoms with Gasteiger partial charge in [-0.05, 0) is 12.3 Å². The summed E-state index contributed by atoms with van der Waals surface area (Å²) in [5.41, 5.74) is 0. The van der Waals surface area contributed by atoms with Gasteiger partial charge in [0, 0.05) is 11.8 Å². The Morgan fingerprint density at radius 2 is 2.00 bits per heavy atom. The minimum Gasteiger partial charge on any atom is -0.465 e. The van der Waals surface area contributed by atoms with Crippen molar-refractivity contribution in [3.05, 3.63) is 0 Å². The highest BCUT2D eigenvalue weighted by Crippen LogP contribution is 2.63. The summed E-state index contributed by atoms with van der Waals surface area (Å²) < 4.78 is 10.6. The van der Waals surface area contributed by atoms with Crippen LogP contribution in [0.2, 0.25) is 0 Å². The third-order valence-electron chi connectivity index (χ3n) is 4.11. The van der Waals surface area contributed by atoms with E-state index < -0.39 is 0 Å². The molecule has 0 spiro atoms. The maximum absolute atomic E-state index is 11.3. The van der Waals surface area contributed by atoms with E-state index in [1.807, 2.05) is 0 Å². The lowest BCUT2D eigenvalue weighted by Crippen LogP contribution is -2.28. The lowest BCUT2D eigenvalue weighted by molar-refractivity contribution is -0.142. The highest BCUT2D eigenvalue weighted by Gasteiger charge is 2.70. The molecule has 0 unspecified atom stereocenters. The Morgan fingerprint density at radius 3 is 2.92 bits per heavy atom. The Balaban J connectivity index is 1.80. The van der Waals surface area contributed by atoms with E-state index in [0.29, 0.717) is 36.6 Å². The van der Waals surface area contributed by atoms with Gasteiger partial charge in [0.25, 0.3) is 0 Å². The Kier molecular flexibility index (Phi) is 0.773. The van der Waals surface area contributed by atoms with Crippen molar-refractivity contribution in [2.75, 3.05) is 6.61 Å². The van der Waals surface area contributed by atoms with Crippen molar-refractivity contribution < 1.29 is 14.3 Å². The number of rotatable bonds is 0. The summed E-state index contributed by atoms with van der Waals surface area (Å²) in [6.07, 6.45) is 2.16. The average Bonchev–Trinajstić information content (AvgIpc) is 2.50. The van der Waals surface area contributed by atoms with Gasteiger partial charge in [-0.3, -0.25) is 4.79 Å². The molecular formula is C9H10O3. The van der Waals surface area contributed by atoms with Gasteiger partial charge in [-0.1, -0.05) is 0 Å². The first-order chi connectivity index (χ1) is 5.86. The number of carbonyl (C=O) groups excluding carboxylic acids is 1. The third kappa shape index (κ3) is 0.454. The highest BCUT2D eigenvalue weighted by atomic mass is 16.6. The van der Waals surface area contributed by atoms with Crippen molar-refractivity contribution in [2.24, 2.45) is 23.7 Å². The molecule has 2 bridgehead atoms. The zero-order valence-corrected chi connectivity index (χ0v) is 6.60. The van der Waals surface area contributed by atoms with E-state index in [9.17, 15) is 4.79 Å². The average molecular weight is 166 g/mol. The fourth-order valence-corrected chi connectivity index (χ4v) is 3.61. The van der Waals surface area contributed by atoms with Crippen molar-refractivity contribution in [3.8, 4) is 0 Å². The quantitative estimate of drug-likeness (QED) is 0.381. The fraction of sp³-hybridized carbons (Fsp3) is 0.889. The van der Waals surface area contributed by atoms with E-state index in [1.54, 1.807) is 0 Å². The zero-order chi connectivity index (χ0) is 7.87. The van der Waals surface area contributed by atoms with Crippen LogP contribution in [0.3, 0.4) is 0 Å². The summed E-state index contributed by atoms with van der Waals surface area (Å²) in [4.78, 5) is 11.3. The monoisotopic (exact) mass is 166 g/mol. The summed E-state index contributed by atoms with van der Waals surface area (Å²) in [5, 5.41) is 0. The van der Waals surface area contributed by atoms with Gasteiger partial charge in [0.1, 0.15) is 0 Å². The van der Waals surface area contributed by atoms with Crippen LogP contribution >= 0.6 is 0 Å². The predicted octanol–water partition coefficient (Wildman–Crippen LogP) is 0.193. The molecule has 2 heterocycles. The van der Waals surface area contributed by atoms with Crippen LogP contribution in [-0.4, -0.2) is 24.8 Å². The summed E-state index contributed by atoms with van der Waals surface area (Å²) in [6.45, 7) is 0.664. The molecule has 2 aliphatic heterocycles. The number of cyclic esters (lactones) is 1. The van der Waals surface area contributed by atoms with Crippen LogP contribution in [-0.2, 0) is 14.3 Å². The zero-order valence-electron chi connectivity index (χ0n) is 6.60. The van der Waals surface area contributed by atoms with E-state index >= 15 is 0 Å². The summed E-state index contributed by atoms with van der Waals surface area (Å²) in [7, 11) is 0. The van der Waals surface area contributed by atoms with Crippen molar-refractivity contribution in [1.29, 1.82) is 0 Å². The van der Waals surface area contributed by atoms with Crippen LogP contribution in [0.25, 0.3) is 0 Å². The molecule has 2 saturated heterocycles. The standard InChI is InChI=1S/C9H10O3/c10-9-6-4-1-3(5(6)2-11-9)7-8(4)12-7/h3-8H,1-2H2/t3-,4-,5-,6-,7-,8+/m1/s1. The summed E-state index contributed by atoms with van der Waals surface area (Å²) in [5.74, 6) is 1.92. The van der Waals surface area contributed by atoms with Crippen LogP contribution in [0.5, 0.6) is 0 Å². The number of epoxide rings is 1. The molecule has 4 aliphatic rings. The van der Waals surface area contributed by atoms with Crippen molar-refractivity contribution >= 4 is 5.97 Å². The first-order valence-corrected chi connectivity index (χ1v) is 4.68. The topological polar surface area (TPSA) is 38.8 Å². The van der Waals surface area contributed by atoms with Crippen LogP contribution in [0.15, 0.2) is 0 Å². The van der Waals surface area contributed by atoms with Gasteiger partial charge in [0.2, 0.25) is 0 Å². The molecule has 4 rings (SSSR count). The summed E-state index contributed by atoms with van der Waals surface area (Å²) in [6, 6.07) is 0. The number of hydrogen-bond acceptors (Lipinski definition) is 3. The largest absolute Gasteiger partial charge is 0.465 e. The lowest BCUT2D eigenvalue weighted by Gasteiger charge is -2.15. The maximum atomic E-state index is 11.3. The predicted molar refractivity (Wildman–Crippen MR) is 38.2 cm³/mol. The van der Waals surface area contributed by atoms with Crippen molar-refractivity contribution in [2.45, 2.75) is 18.6 Å². The molecule has 0 N–H and O–H groups in total. The van der Waals surface area contributed by atoms with Gasteiger partial charge in [0.05, 0.1) is 24.7 Å². The van der Waals surface area contributed by atoms with Crippen molar-refractivity contribution in [1.82, 2.24) is 0 Å². The second-order valence-electron chi connectivity index (χ2n) is 4.45. The molecule has 12 heavy (non-hydrogen) atoms. The molecule has 3 nitrogen and oxygen atoms in total. The first kappa shape index (κ1) is 5.97. The SMILES string of the molecule is O=C1OC[C@@H]2[C@H]3C[C@@H]([C@@H]4O[C@H]34)[C@@H]12.